The Kier molecular flexibility index (Phi) is 6.80. The van der Waals surface area contributed by atoms with E-state index in [2.05, 4.69) is 14.5 Å². The Morgan fingerprint density at radius 3 is 2.35 bits per heavy atom. The molecule has 0 amide bonds. The van der Waals surface area contributed by atoms with Gasteiger partial charge in [0.1, 0.15) is 0 Å². The zero-order valence-electron chi connectivity index (χ0n) is 18.0. The SMILES string of the molecule is COc1cc(S(=O)(=O)NC2CCC(N3CCN(CC4CC4)CC3)CC2)ccc1[N+](=O)[O-]. The van der Waals surface area contributed by atoms with Crippen LogP contribution in [0.5, 0.6) is 5.75 Å². The number of hydrogen-bond acceptors (Lipinski definition) is 7. The van der Waals surface area contributed by atoms with Crippen LogP contribution in [0.2, 0.25) is 0 Å². The fourth-order valence-corrected chi connectivity index (χ4v) is 6.12. The number of piperazine rings is 1. The molecule has 0 spiro atoms. The van der Waals surface area contributed by atoms with E-state index in [-0.39, 0.29) is 22.4 Å². The summed E-state index contributed by atoms with van der Waals surface area (Å²) in [6.45, 7) is 5.76. The lowest BCUT2D eigenvalue weighted by atomic mass is 9.90. The first-order valence-electron chi connectivity index (χ1n) is 11.2. The molecular weight excluding hydrogens is 420 g/mol. The maximum Gasteiger partial charge on any atom is 0.310 e. The van der Waals surface area contributed by atoms with Gasteiger partial charge in [0.2, 0.25) is 10.0 Å². The average molecular weight is 453 g/mol. The number of benzene rings is 1. The fourth-order valence-electron chi connectivity index (χ4n) is 4.80. The second-order valence-electron chi connectivity index (χ2n) is 9.00. The Hall–Kier alpha value is -1.75. The monoisotopic (exact) mass is 452 g/mol. The summed E-state index contributed by atoms with van der Waals surface area (Å²) in [4.78, 5) is 15.6. The molecule has 1 N–H and O–H groups in total. The van der Waals surface area contributed by atoms with Crippen LogP contribution in [0.1, 0.15) is 38.5 Å². The van der Waals surface area contributed by atoms with Gasteiger partial charge in [0.15, 0.2) is 5.75 Å². The van der Waals surface area contributed by atoms with E-state index < -0.39 is 14.9 Å². The topological polar surface area (TPSA) is 105 Å². The van der Waals surface area contributed by atoms with Crippen LogP contribution in [-0.2, 0) is 10.0 Å². The minimum Gasteiger partial charge on any atom is -0.490 e. The molecule has 0 unspecified atom stereocenters. The number of nitrogens with one attached hydrogen (secondary N) is 1. The summed E-state index contributed by atoms with van der Waals surface area (Å²) in [5.41, 5.74) is -0.251. The molecular formula is C21H32N4O5S. The molecule has 2 aliphatic carbocycles. The minimum atomic E-state index is -3.76. The zero-order valence-corrected chi connectivity index (χ0v) is 18.8. The maximum absolute atomic E-state index is 12.8. The molecule has 0 atom stereocenters. The van der Waals surface area contributed by atoms with Crippen molar-refractivity contribution in [1.82, 2.24) is 14.5 Å². The van der Waals surface area contributed by atoms with Gasteiger partial charge in [0, 0.05) is 56.9 Å². The molecule has 172 valence electrons. The van der Waals surface area contributed by atoms with Crippen molar-refractivity contribution in [2.45, 2.75) is 55.5 Å². The van der Waals surface area contributed by atoms with Crippen molar-refractivity contribution in [3.05, 3.63) is 28.3 Å². The Labute approximate surface area is 183 Å². The molecule has 1 heterocycles. The van der Waals surface area contributed by atoms with Crippen LogP contribution < -0.4 is 9.46 Å². The number of methoxy groups -OCH3 is 1. The van der Waals surface area contributed by atoms with E-state index in [1.165, 1.54) is 44.7 Å². The molecule has 10 heteroatoms. The van der Waals surface area contributed by atoms with Crippen molar-refractivity contribution in [1.29, 1.82) is 0 Å². The van der Waals surface area contributed by atoms with Crippen molar-refractivity contribution in [3.8, 4) is 5.75 Å². The summed E-state index contributed by atoms with van der Waals surface area (Å²) in [6.07, 6.45) is 6.37. The van der Waals surface area contributed by atoms with Gasteiger partial charge in [-0.05, 0) is 50.5 Å². The van der Waals surface area contributed by atoms with Crippen LogP contribution in [0.15, 0.2) is 23.1 Å². The van der Waals surface area contributed by atoms with Crippen LogP contribution in [0.3, 0.4) is 0 Å². The van der Waals surface area contributed by atoms with E-state index in [1.54, 1.807) is 0 Å². The van der Waals surface area contributed by atoms with Gasteiger partial charge >= 0.3 is 5.69 Å². The molecule has 4 rings (SSSR count). The number of nitro benzene ring substituents is 1. The number of nitrogens with zero attached hydrogens (tertiary/aromatic N) is 3. The van der Waals surface area contributed by atoms with Gasteiger partial charge in [0.05, 0.1) is 16.9 Å². The van der Waals surface area contributed by atoms with Gasteiger partial charge in [-0.3, -0.25) is 15.0 Å². The molecule has 1 aromatic rings. The van der Waals surface area contributed by atoms with Gasteiger partial charge < -0.3 is 9.64 Å². The highest BCUT2D eigenvalue weighted by atomic mass is 32.2. The van der Waals surface area contributed by atoms with Crippen molar-refractivity contribution < 1.29 is 18.1 Å². The molecule has 2 saturated carbocycles. The first kappa shape index (κ1) is 22.4. The highest BCUT2D eigenvalue weighted by Gasteiger charge is 2.32. The predicted octanol–water partition coefficient (Wildman–Crippen LogP) is 2.22. The Bertz CT molecular complexity index is 889. The van der Waals surface area contributed by atoms with Gasteiger partial charge in [0.25, 0.3) is 0 Å². The van der Waals surface area contributed by atoms with Crippen molar-refractivity contribution in [2.24, 2.45) is 5.92 Å². The Morgan fingerprint density at radius 2 is 1.77 bits per heavy atom. The highest BCUT2D eigenvalue weighted by Crippen LogP contribution is 2.32. The lowest BCUT2D eigenvalue weighted by molar-refractivity contribution is -0.385. The number of hydrogen-bond donors (Lipinski definition) is 1. The molecule has 0 aromatic heterocycles. The Balaban J connectivity index is 1.28. The summed E-state index contributed by atoms with van der Waals surface area (Å²) in [7, 11) is -2.47. The van der Waals surface area contributed by atoms with Crippen LogP contribution in [0.4, 0.5) is 5.69 Å². The molecule has 1 aliphatic heterocycles. The molecule has 1 saturated heterocycles. The van der Waals surface area contributed by atoms with E-state index in [0.717, 1.165) is 57.8 Å². The first-order chi connectivity index (χ1) is 14.9. The molecule has 0 radical (unpaired) electrons. The van der Waals surface area contributed by atoms with Crippen LogP contribution in [-0.4, -0.2) is 75.1 Å². The average Bonchev–Trinajstić information content (AvgIpc) is 3.58. The summed E-state index contributed by atoms with van der Waals surface area (Å²) in [5.74, 6) is 0.878. The van der Waals surface area contributed by atoms with Crippen LogP contribution >= 0.6 is 0 Å². The normalized spacial score (nSPS) is 26.0. The van der Waals surface area contributed by atoms with Crippen molar-refractivity contribution in [3.63, 3.8) is 0 Å². The summed E-state index contributed by atoms with van der Waals surface area (Å²) in [6, 6.07) is 4.07. The number of nitro groups is 1. The van der Waals surface area contributed by atoms with Crippen LogP contribution in [0, 0.1) is 16.0 Å². The van der Waals surface area contributed by atoms with E-state index in [1.807, 2.05) is 0 Å². The van der Waals surface area contributed by atoms with Gasteiger partial charge in [-0.25, -0.2) is 13.1 Å². The first-order valence-corrected chi connectivity index (χ1v) is 12.6. The number of sulfonamides is 1. The predicted molar refractivity (Wildman–Crippen MR) is 117 cm³/mol. The van der Waals surface area contributed by atoms with E-state index >= 15 is 0 Å². The largest absolute Gasteiger partial charge is 0.490 e. The number of ether oxygens (including phenoxy) is 1. The quantitative estimate of drug-likeness (QED) is 0.476. The van der Waals surface area contributed by atoms with E-state index in [9.17, 15) is 18.5 Å². The molecule has 9 nitrogen and oxygen atoms in total. The maximum atomic E-state index is 12.8. The van der Waals surface area contributed by atoms with Crippen LogP contribution in [0.25, 0.3) is 0 Å². The third-order valence-electron chi connectivity index (χ3n) is 6.81. The standard InChI is InChI=1S/C21H32N4O5S/c1-30-21-14-19(8-9-20(21)25(26)27)31(28,29)22-17-4-6-18(7-5-17)24-12-10-23(11-13-24)15-16-2-3-16/h8-9,14,16-18,22H,2-7,10-13,15H2,1H3. The molecule has 0 bridgehead atoms. The smallest absolute Gasteiger partial charge is 0.310 e. The van der Waals surface area contributed by atoms with Gasteiger partial charge in [-0.15, -0.1) is 0 Å². The molecule has 1 aromatic carbocycles. The molecule has 31 heavy (non-hydrogen) atoms. The lowest BCUT2D eigenvalue weighted by Crippen LogP contribution is -2.52. The van der Waals surface area contributed by atoms with Gasteiger partial charge in [-0.2, -0.15) is 0 Å². The second kappa shape index (κ2) is 9.40. The molecule has 3 fully saturated rings. The summed E-state index contributed by atoms with van der Waals surface area (Å²) < 4.78 is 33.4. The second-order valence-corrected chi connectivity index (χ2v) is 10.7. The third kappa shape index (κ3) is 5.54. The summed E-state index contributed by atoms with van der Waals surface area (Å²) in [5, 5.41) is 11.0. The zero-order chi connectivity index (χ0) is 22.0. The molecule has 3 aliphatic rings. The van der Waals surface area contributed by atoms with Crippen molar-refractivity contribution in [2.75, 3.05) is 39.8 Å². The highest BCUT2D eigenvalue weighted by molar-refractivity contribution is 7.89. The fraction of sp³-hybridized carbons (Fsp3) is 0.714. The number of rotatable bonds is 8. The van der Waals surface area contributed by atoms with E-state index in [0.29, 0.717) is 6.04 Å². The van der Waals surface area contributed by atoms with E-state index in [4.69, 9.17) is 4.74 Å². The minimum absolute atomic E-state index is 0.0103. The lowest BCUT2D eigenvalue weighted by Gasteiger charge is -2.42. The summed E-state index contributed by atoms with van der Waals surface area (Å²) >= 11 is 0. The van der Waals surface area contributed by atoms with Crippen molar-refractivity contribution >= 4 is 15.7 Å². The Morgan fingerprint density at radius 1 is 1.10 bits per heavy atom. The van der Waals surface area contributed by atoms with Gasteiger partial charge in [-0.1, -0.05) is 0 Å². The third-order valence-corrected chi connectivity index (χ3v) is 8.33.